The summed E-state index contributed by atoms with van der Waals surface area (Å²) in [6, 6.07) is 1.45. The summed E-state index contributed by atoms with van der Waals surface area (Å²) < 4.78 is 5.19. The first-order chi connectivity index (χ1) is 6.81. The summed E-state index contributed by atoms with van der Waals surface area (Å²) in [6.07, 6.45) is 2.79. The van der Waals surface area contributed by atoms with E-state index in [-0.39, 0.29) is 0 Å². The molecule has 2 unspecified atom stereocenters. The first kappa shape index (κ1) is 9.13. The molecule has 3 aliphatic rings. The molecule has 0 amide bonds. The Hall–Kier alpha value is -0.120. The lowest BCUT2D eigenvalue weighted by molar-refractivity contribution is -0.0101. The van der Waals surface area contributed by atoms with E-state index in [1.165, 1.54) is 25.9 Å². The number of hydrogen-bond acceptors (Lipinski definition) is 3. The van der Waals surface area contributed by atoms with Gasteiger partial charge in [0.2, 0.25) is 0 Å². The number of likely N-dealkylation sites (tertiary alicyclic amines) is 1. The molecule has 3 fully saturated rings. The minimum Gasteiger partial charge on any atom is -0.378 e. The Balaban J connectivity index is 1.51. The third-order valence-electron chi connectivity index (χ3n) is 4.04. The summed E-state index contributed by atoms with van der Waals surface area (Å²) in [5, 5.41) is 3.72. The van der Waals surface area contributed by atoms with Crippen LogP contribution in [0.5, 0.6) is 0 Å². The van der Waals surface area contributed by atoms with Crippen LogP contribution in [0.4, 0.5) is 0 Å². The van der Waals surface area contributed by atoms with Gasteiger partial charge in [0.15, 0.2) is 0 Å². The summed E-state index contributed by atoms with van der Waals surface area (Å²) in [4.78, 5) is 2.48. The summed E-state index contributed by atoms with van der Waals surface area (Å²) in [5.74, 6) is 1.94. The monoisotopic (exact) mass is 196 g/mol. The van der Waals surface area contributed by atoms with Gasteiger partial charge in [-0.3, -0.25) is 0 Å². The van der Waals surface area contributed by atoms with E-state index < -0.39 is 0 Å². The third-order valence-corrected chi connectivity index (χ3v) is 4.04. The van der Waals surface area contributed by atoms with Crippen molar-refractivity contribution in [3.05, 3.63) is 0 Å². The van der Waals surface area contributed by atoms with Gasteiger partial charge in [-0.25, -0.2) is 0 Å². The molecule has 2 aliphatic heterocycles. The van der Waals surface area contributed by atoms with Crippen LogP contribution in [-0.2, 0) is 4.74 Å². The van der Waals surface area contributed by atoms with E-state index in [1.807, 2.05) is 0 Å². The second kappa shape index (κ2) is 3.47. The molecule has 1 saturated carbocycles. The molecule has 1 N–H and O–H groups in total. The second-order valence-electron chi connectivity index (χ2n) is 5.31. The number of nitrogens with one attached hydrogen (secondary N) is 1. The topological polar surface area (TPSA) is 24.5 Å². The fraction of sp³-hybridized carbons (Fsp3) is 1.00. The lowest BCUT2D eigenvalue weighted by Crippen LogP contribution is -2.50. The highest BCUT2D eigenvalue weighted by molar-refractivity contribution is 4.95. The molecule has 0 aromatic carbocycles. The number of fused-ring (bicyclic) bond motifs is 1. The highest BCUT2D eigenvalue weighted by Crippen LogP contribution is 2.37. The molecule has 0 aromatic heterocycles. The minimum absolute atomic E-state index is 0.663. The molecule has 80 valence electrons. The first-order valence-electron chi connectivity index (χ1n) is 5.83. The van der Waals surface area contributed by atoms with Crippen molar-refractivity contribution in [3.8, 4) is 0 Å². The van der Waals surface area contributed by atoms with Crippen LogP contribution in [0.1, 0.15) is 12.8 Å². The van der Waals surface area contributed by atoms with E-state index in [2.05, 4.69) is 17.3 Å². The number of rotatable bonds is 2. The minimum atomic E-state index is 0.663. The van der Waals surface area contributed by atoms with Gasteiger partial charge in [-0.15, -0.1) is 0 Å². The fourth-order valence-corrected chi connectivity index (χ4v) is 3.34. The Morgan fingerprint density at radius 3 is 2.21 bits per heavy atom. The molecule has 0 spiro atoms. The van der Waals surface area contributed by atoms with E-state index in [4.69, 9.17) is 4.74 Å². The van der Waals surface area contributed by atoms with Gasteiger partial charge in [0.1, 0.15) is 0 Å². The molecule has 3 nitrogen and oxygen atoms in total. The standard InChI is InChI=1S/C11H20N2O/c1-13-4-8-2-10(3-9(8)5-13)12-11-6-14-7-11/h8-12H,2-7H2,1H3. The molecule has 0 bridgehead atoms. The average molecular weight is 196 g/mol. The van der Waals surface area contributed by atoms with Crippen LogP contribution in [0.15, 0.2) is 0 Å². The van der Waals surface area contributed by atoms with Gasteiger partial charge < -0.3 is 15.0 Å². The Morgan fingerprint density at radius 1 is 1.07 bits per heavy atom. The van der Waals surface area contributed by atoms with Crippen LogP contribution in [0.3, 0.4) is 0 Å². The molecule has 2 atom stereocenters. The van der Waals surface area contributed by atoms with Crippen molar-refractivity contribution in [2.24, 2.45) is 11.8 Å². The first-order valence-corrected chi connectivity index (χ1v) is 5.83. The maximum absolute atomic E-state index is 5.19. The molecule has 1 aliphatic carbocycles. The van der Waals surface area contributed by atoms with Crippen molar-refractivity contribution >= 4 is 0 Å². The maximum atomic E-state index is 5.19. The van der Waals surface area contributed by atoms with Crippen molar-refractivity contribution in [3.63, 3.8) is 0 Å². The van der Waals surface area contributed by atoms with Crippen molar-refractivity contribution in [2.45, 2.75) is 24.9 Å². The van der Waals surface area contributed by atoms with Crippen molar-refractivity contribution in [2.75, 3.05) is 33.4 Å². The Kier molecular flexibility index (Phi) is 2.26. The largest absolute Gasteiger partial charge is 0.378 e. The third kappa shape index (κ3) is 1.58. The van der Waals surface area contributed by atoms with Crippen LogP contribution < -0.4 is 5.32 Å². The molecule has 14 heavy (non-hydrogen) atoms. The number of nitrogens with zero attached hydrogens (tertiary/aromatic N) is 1. The Morgan fingerprint density at radius 2 is 1.71 bits per heavy atom. The van der Waals surface area contributed by atoms with Gasteiger partial charge >= 0.3 is 0 Å². The molecule has 3 rings (SSSR count). The van der Waals surface area contributed by atoms with E-state index in [1.54, 1.807) is 0 Å². The molecule has 2 heterocycles. The SMILES string of the molecule is CN1CC2CC(NC3COC3)CC2C1. The number of ether oxygens (including phenoxy) is 1. The Bertz CT molecular complexity index is 203. The zero-order chi connectivity index (χ0) is 9.54. The van der Waals surface area contributed by atoms with E-state index in [0.717, 1.165) is 31.1 Å². The second-order valence-corrected chi connectivity index (χ2v) is 5.31. The van der Waals surface area contributed by atoms with Crippen LogP contribution >= 0.6 is 0 Å². The van der Waals surface area contributed by atoms with Crippen molar-refractivity contribution in [1.29, 1.82) is 0 Å². The molecule has 0 aromatic rings. The van der Waals surface area contributed by atoms with Gasteiger partial charge in [0.05, 0.1) is 19.3 Å². The normalized spacial score (nSPS) is 43.9. The van der Waals surface area contributed by atoms with E-state index in [0.29, 0.717) is 6.04 Å². The Labute approximate surface area is 85.8 Å². The average Bonchev–Trinajstić information content (AvgIpc) is 2.53. The summed E-state index contributed by atoms with van der Waals surface area (Å²) in [5.41, 5.74) is 0. The lowest BCUT2D eigenvalue weighted by atomic mass is 10.0. The molecule has 3 heteroatoms. The van der Waals surface area contributed by atoms with Crippen LogP contribution in [0.2, 0.25) is 0 Å². The number of hydrogen-bond donors (Lipinski definition) is 1. The quantitative estimate of drug-likeness (QED) is 0.688. The molecule has 2 saturated heterocycles. The van der Waals surface area contributed by atoms with Crippen LogP contribution in [0, 0.1) is 11.8 Å². The van der Waals surface area contributed by atoms with Gasteiger partial charge in [-0.2, -0.15) is 0 Å². The maximum Gasteiger partial charge on any atom is 0.0643 e. The zero-order valence-electron chi connectivity index (χ0n) is 8.91. The van der Waals surface area contributed by atoms with Crippen LogP contribution in [-0.4, -0.2) is 50.3 Å². The van der Waals surface area contributed by atoms with Gasteiger partial charge in [-0.05, 0) is 31.7 Å². The van der Waals surface area contributed by atoms with Gasteiger partial charge in [0.25, 0.3) is 0 Å². The zero-order valence-corrected chi connectivity index (χ0v) is 8.91. The van der Waals surface area contributed by atoms with Crippen molar-refractivity contribution < 1.29 is 4.74 Å². The molecular formula is C11H20N2O. The highest BCUT2D eigenvalue weighted by atomic mass is 16.5. The summed E-state index contributed by atoms with van der Waals surface area (Å²) in [7, 11) is 2.25. The fourth-order valence-electron chi connectivity index (χ4n) is 3.34. The smallest absolute Gasteiger partial charge is 0.0643 e. The summed E-state index contributed by atoms with van der Waals surface area (Å²) >= 11 is 0. The van der Waals surface area contributed by atoms with Gasteiger partial charge in [-0.1, -0.05) is 0 Å². The van der Waals surface area contributed by atoms with Crippen molar-refractivity contribution in [1.82, 2.24) is 10.2 Å². The highest BCUT2D eigenvalue weighted by Gasteiger charge is 2.40. The van der Waals surface area contributed by atoms with Crippen LogP contribution in [0.25, 0.3) is 0 Å². The predicted molar refractivity (Wildman–Crippen MR) is 55.2 cm³/mol. The van der Waals surface area contributed by atoms with E-state index in [9.17, 15) is 0 Å². The van der Waals surface area contributed by atoms with Gasteiger partial charge in [0, 0.05) is 19.1 Å². The molecule has 0 radical (unpaired) electrons. The van der Waals surface area contributed by atoms with E-state index >= 15 is 0 Å². The lowest BCUT2D eigenvalue weighted by Gasteiger charge is -2.30. The summed E-state index contributed by atoms with van der Waals surface area (Å²) in [6.45, 7) is 4.52. The molecular weight excluding hydrogens is 176 g/mol. The predicted octanol–water partition coefficient (Wildman–Crippen LogP) is 0.315.